The van der Waals surface area contributed by atoms with Crippen molar-refractivity contribution in [2.45, 2.75) is 0 Å². The fourth-order valence-electron chi connectivity index (χ4n) is 1.65. The third kappa shape index (κ3) is 3.75. The Bertz CT molecular complexity index is 686. The van der Waals surface area contributed by atoms with Crippen molar-refractivity contribution in [2.24, 2.45) is 0 Å². The van der Waals surface area contributed by atoms with E-state index in [9.17, 15) is 9.18 Å². The van der Waals surface area contributed by atoms with E-state index < -0.39 is 5.82 Å². The molecule has 21 heavy (non-hydrogen) atoms. The van der Waals surface area contributed by atoms with E-state index in [4.69, 9.17) is 16.3 Å². The lowest BCUT2D eigenvalue weighted by molar-refractivity contribution is 0.102. The van der Waals surface area contributed by atoms with Gasteiger partial charge in [0.2, 0.25) is 0 Å². The number of ether oxygens (including phenoxy) is 1. The molecule has 110 valence electrons. The quantitative estimate of drug-likeness (QED) is 0.711. The molecule has 1 amide bonds. The molecule has 0 saturated heterocycles. The molecule has 1 N–H and O–H groups in total. The van der Waals surface area contributed by atoms with E-state index in [-0.39, 0.29) is 10.9 Å². The van der Waals surface area contributed by atoms with Crippen LogP contribution < -0.4 is 10.1 Å². The second-order valence-electron chi connectivity index (χ2n) is 4.05. The molecule has 7 heteroatoms. The highest BCUT2D eigenvalue weighted by Crippen LogP contribution is 2.32. The minimum atomic E-state index is -0.489. The predicted molar refractivity (Wildman–Crippen MR) is 87.8 cm³/mol. The van der Waals surface area contributed by atoms with Crippen LogP contribution in [0.15, 0.2) is 39.3 Å². The van der Waals surface area contributed by atoms with E-state index in [0.29, 0.717) is 25.9 Å². The summed E-state index contributed by atoms with van der Waals surface area (Å²) in [5.41, 5.74) is 0.727. The van der Waals surface area contributed by atoms with Crippen LogP contribution in [0.4, 0.5) is 10.1 Å². The zero-order valence-corrected chi connectivity index (χ0v) is 14.6. The maximum Gasteiger partial charge on any atom is 0.255 e. The predicted octanol–water partition coefficient (Wildman–Crippen LogP) is 5.27. The fraction of sp³-hybridized carbons (Fsp3) is 0.0714. The van der Waals surface area contributed by atoms with Crippen LogP contribution in [0.25, 0.3) is 0 Å². The number of rotatable bonds is 3. The molecule has 0 bridgehead atoms. The van der Waals surface area contributed by atoms with Crippen LogP contribution in [0.5, 0.6) is 5.75 Å². The highest BCUT2D eigenvalue weighted by Gasteiger charge is 2.14. The largest absolute Gasteiger partial charge is 0.496 e. The molecule has 0 saturated carbocycles. The molecule has 0 fully saturated rings. The van der Waals surface area contributed by atoms with Crippen LogP contribution in [0.3, 0.4) is 0 Å². The van der Waals surface area contributed by atoms with Gasteiger partial charge < -0.3 is 10.1 Å². The van der Waals surface area contributed by atoms with Gasteiger partial charge in [-0.2, -0.15) is 0 Å². The third-order valence-corrected chi connectivity index (χ3v) is 4.20. The van der Waals surface area contributed by atoms with Gasteiger partial charge in [0.15, 0.2) is 0 Å². The smallest absolute Gasteiger partial charge is 0.255 e. The summed E-state index contributed by atoms with van der Waals surface area (Å²) in [7, 11) is 1.54. The molecule has 0 aliphatic heterocycles. The number of carbonyl (C=O) groups is 1. The van der Waals surface area contributed by atoms with Crippen molar-refractivity contribution < 1.29 is 13.9 Å². The Morgan fingerprint density at radius 2 is 1.95 bits per heavy atom. The summed E-state index contributed by atoms with van der Waals surface area (Å²) in [5, 5.41) is 2.75. The summed E-state index contributed by atoms with van der Waals surface area (Å²) in [6.07, 6.45) is 0. The first-order valence-corrected chi connectivity index (χ1v) is 7.68. The van der Waals surface area contributed by atoms with E-state index in [2.05, 4.69) is 37.2 Å². The van der Waals surface area contributed by atoms with E-state index in [1.807, 2.05) is 0 Å². The Labute approximate surface area is 142 Å². The Morgan fingerprint density at radius 3 is 2.52 bits per heavy atom. The van der Waals surface area contributed by atoms with E-state index in [0.717, 1.165) is 6.07 Å². The first-order chi connectivity index (χ1) is 9.92. The van der Waals surface area contributed by atoms with E-state index in [1.54, 1.807) is 18.2 Å². The SMILES string of the molecule is COc1ccc(C(=O)Nc2c(Cl)cc(F)cc2Br)cc1Br. The molecular weight excluding hydrogens is 428 g/mol. The van der Waals surface area contributed by atoms with Crippen molar-refractivity contribution in [3.63, 3.8) is 0 Å². The van der Waals surface area contributed by atoms with Crippen molar-refractivity contribution in [3.8, 4) is 5.75 Å². The lowest BCUT2D eigenvalue weighted by Crippen LogP contribution is -2.13. The summed E-state index contributed by atoms with van der Waals surface area (Å²) >= 11 is 12.4. The molecule has 0 aromatic heterocycles. The van der Waals surface area contributed by atoms with Crippen LogP contribution in [-0.4, -0.2) is 13.0 Å². The molecule has 0 spiro atoms. The summed E-state index contributed by atoms with van der Waals surface area (Å²) in [4.78, 5) is 12.2. The van der Waals surface area contributed by atoms with Gasteiger partial charge in [0.05, 0.1) is 22.3 Å². The second-order valence-corrected chi connectivity index (χ2v) is 6.16. The lowest BCUT2D eigenvalue weighted by atomic mass is 10.2. The minimum Gasteiger partial charge on any atom is -0.496 e. The number of methoxy groups -OCH3 is 1. The Kier molecular flexibility index (Phi) is 5.24. The number of carbonyl (C=O) groups excluding carboxylic acids is 1. The van der Waals surface area contributed by atoms with Gasteiger partial charge in [-0.3, -0.25) is 4.79 Å². The number of halogens is 4. The van der Waals surface area contributed by atoms with Gasteiger partial charge in [-0.1, -0.05) is 11.6 Å². The summed E-state index contributed by atoms with van der Waals surface area (Å²) in [5.74, 6) is -0.239. The highest BCUT2D eigenvalue weighted by atomic mass is 79.9. The standard InChI is InChI=1S/C14H9Br2ClFNO2/c1-21-12-3-2-7(4-9(12)15)14(20)19-13-10(16)5-8(18)6-11(13)17/h2-6H,1H3,(H,19,20). The summed E-state index contributed by atoms with van der Waals surface area (Å²) < 4.78 is 19.3. The topological polar surface area (TPSA) is 38.3 Å². The number of anilines is 1. The Hall–Kier alpha value is -1.11. The van der Waals surface area contributed by atoms with E-state index in [1.165, 1.54) is 13.2 Å². The highest BCUT2D eigenvalue weighted by molar-refractivity contribution is 9.11. The maximum absolute atomic E-state index is 13.2. The van der Waals surface area contributed by atoms with Crippen LogP contribution in [0.2, 0.25) is 5.02 Å². The molecule has 0 radical (unpaired) electrons. The molecular formula is C14H9Br2ClFNO2. The van der Waals surface area contributed by atoms with Gasteiger partial charge >= 0.3 is 0 Å². The van der Waals surface area contributed by atoms with Crippen molar-refractivity contribution in [1.82, 2.24) is 0 Å². The summed E-state index contributed by atoms with van der Waals surface area (Å²) in [6, 6.07) is 7.27. The molecule has 0 unspecified atom stereocenters. The van der Waals surface area contributed by atoms with Gasteiger partial charge in [-0.25, -0.2) is 4.39 Å². The van der Waals surface area contributed by atoms with Crippen LogP contribution in [0, 0.1) is 5.82 Å². The van der Waals surface area contributed by atoms with Crippen LogP contribution in [-0.2, 0) is 0 Å². The van der Waals surface area contributed by atoms with Crippen molar-refractivity contribution in [3.05, 3.63) is 55.7 Å². The zero-order valence-electron chi connectivity index (χ0n) is 10.7. The maximum atomic E-state index is 13.2. The molecule has 2 rings (SSSR count). The third-order valence-electron chi connectivity index (χ3n) is 2.66. The summed E-state index contributed by atoms with van der Waals surface area (Å²) in [6.45, 7) is 0. The molecule has 2 aromatic carbocycles. The van der Waals surface area contributed by atoms with Gasteiger partial charge in [-0.05, 0) is 62.2 Å². The number of amides is 1. The van der Waals surface area contributed by atoms with Crippen LogP contribution in [0.1, 0.15) is 10.4 Å². The first-order valence-electron chi connectivity index (χ1n) is 5.72. The van der Waals surface area contributed by atoms with Crippen molar-refractivity contribution in [1.29, 1.82) is 0 Å². The minimum absolute atomic E-state index is 0.114. The van der Waals surface area contributed by atoms with Gasteiger partial charge in [0.25, 0.3) is 5.91 Å². The number of hydrogen-bond acceptors (Lipinski definition) is 2. The monoisotopic (exact) mass is 435 g/mol. The fourth-order valence-corrected chi connectivity index (χ4v) is 3.09. The molecule has 0 aliphatic rings. The van der Waals surface area contributed by atoms with Gasteiger partial charge in [-0.15, -0.1) is 0 Å². The Balaban J connectivity index is 2.28. The van der Waals surface area contributed by atoms with Gasteiger partial charge in [0, 0.05) is 10.0 Å². The number of nitrogens with one attached hydrogen (secondary N) is 1. The molecule has 0 atom stereocenters. The molecule has 2 aromatic rings. The zero-order chi connectivity index (χ0) is 15.6. The van der Waals surface area contributed by atoms with Gasteiger partial charge in [0.1, 0.15) is 11.6 Å². The molecule has 3 nitrogen and oxygen atoms in total. The normalized spacial score (nSPS) is 10.3. The number of benzene rings is 2. The average Bonchev–Trinajstić information content (AvgIpc) is 2.42. The average molecular weight is 437 g/mol. The van der Waals surface area contributed by atoms with Crippen LogP contribution >= 0.6 is 43.5 Å². The van der Waals surface area contributed by atoms with E-state index >= 15 is 0 Å². The molecule has 0 aliphatic carbocycles. The lowest BCUT2D eigenvalue weighted by Gasteiger charge is -2.11. The Morgan fingerprint density at radius 1 is 1.24 bits per heavy atom. The van der Waals surface area contributed by atoms with Crippen molar-refractivity contribution in [2.75, 3.05) is 12.4 Å². The first kappa shape index (κ1) is 16.3. The number of hydrogen-bond donors (Lipinski definition) is 1. The van der Waals surface area contributed by atoms with Crippen molar-refractivity contribution >= 4 is 55.1 Å². The molecule has 0 heterocycles. The second kappa shape index (κ2) is 6.77.